The molecule has 6 nitrogen and oxygen atoms in total. The van der Waals surface area contributed by atoms with Crippen LogP contribution in [0.5, 0.6) is 11.5 Å². The number of benzene rings is 3. The van der Waals surface area contributed by atoms with Crippen molar-refractivity contribution in [1.82, 2.24) is 9.88 Å². The number of anilines is 1. The van der Waals surface area contributed by atoms with E-state index in [-0.39, 0.29) is 5.43 Å². The lowest BCUT2D eigenvalue weighted by atomic mass is 10.2. The van der Waals surface area contributed by atoms with Gasteiger partial charge in [0.15, 0.2) is 5.43 Å². The maximum Gasteiger partial charge on any atom is 0.191 e. The van der Waals surface area contributed by atoms with Crippen LogP contribution in [0.3, 0.4) is 0 Å². The van der Waals surface area contributed by atoms with Crippen molar-refractivity contribution < 1.29 is 9.47 Å². The second-order valence-corrected chi connectivity index (χ2v) is 8.98. The van der Waals surface area contributed by atoms with E-state index in [1.807, 2.05) is 48.5 Å². The van der Waals surface area contributed by atoms with Crippen LogP contribution >= 0.6 is 0 Å². The van der Waals surface area contributed by atoms with Gasteiger partial charge in [-0.2, -0.15) is 0 Å². The minimum Gasteiger partial charge on any atom is -0.497 e. The van der Waals surface area contributed by atoms with Gasteiger partial charge in [0.05, 0.1) is 19.7 Å². The minimum atomic E-state index is 0.0239. The number of hydrogen-bond acceptors (Lipinski definition) is 5. The number of fused-ring (bicyclic) bond motifs is 1. The van der Waals surface area contributed by atoms with Crippen LogP contribution in [0.4, 0.5) is 5.82 Å². The zero-order valence-electron chi connectivity index (χ0n) is 22.0. The van der Waals surface area contributed by atoms with Crippen LogP contribution in [-0.2, 0) is 0 Å². The second kappa shape index (κ2) is 13.9. The van der Waals surface area contributed by atoms with Gasteiger partial charge in [0.25, 0.3) is 0 Å². The molecule has 6 heteroatoms. The third kappa shape index (κ3) is 7.85. The van der Waals surface area contributed by atoms with Crippen LogP contribution in [0, 0.1) is 0 Å². The summed E-state index contributed by atoms with van der Waals surface area (Å²) in [7, 11) is 3.35. The van der Waals surface area contributed by atoms with Gasteiger partial charge in [-0.05, 0) is 53.9 Å². The zero-order chi connectivity index (χ0) is 26.6. The lowest BCUT2D eigenvalue weighted by molar-refractivity contribution is 0.334. The van der Waals surface area contributed by atoms with Crippen molar-refractivity contribution >= 4 is 28.9 Å². The van der Waals surface area contributed by atoms with Gasteiger partial charge in [0.1, 0.15) is 17.3 Å². The average molecular weight is 510 g/mol. The molecule has 1 aromatic heterocycles. The van der Waals surface area contributed by atoms with E-state index >= 15 is 0 Å². The number of ether oxygens (including phenoxy) is 2. The number of rotatable bonds is 13. The molecule has 196 valence electrons. The average Bonchev–Trinajstić information content (AvgIpc) is 2.96. The third-order valence-corrected chi connectivity index (χ3v) is 6.28. The van der Waals surface area contributed by atoms with Crippen LogP contribution in [0.2, 0.25) is 0 Å². The molecular formula is C32H35N3O3. The van der Waals surface area contributed by atoms with Crippen molar-refractivity contribution in [2.45, 2.75) is 6.42 Å². The van der Waals surface area contributed by atoms with Crippen LogP contribution < -0.4 is 20.2 Å². The fourth-order valence-corrected chi connectivity index (χ4v) is 4.18. The molecule has 0 atom stereocenters. The highest BCUT2D eigenvalue weighted by molar-refractivity contribution is 5.79. The summed E-state index contributed by atoms with van der Waals surface area (Å²) < 4.78 is 10.5. The molecular weight excluding hydrogens is 474 g/mol. The maximum absolute atomic E-state index is 12.4. The van der Waals surface area contributed by atoms with Crippen molar-refractivity contribution in [3.05, 3.63) is 112 Å². The first-order valence-corrected chi connectivity index (χ1v) is 12.8. The number of methoxy groups -OCH3 is 2. The van der Waals surface area contributed by atoms with Gasteiger partial charge >= 0.3 is 0 Å². The molecule has 38 heavy (non-hydrogen) atoms. The molecule has 2 N–H and O–H groups in total. The van der Waals surface area contributed by atoms with Crippen LogP contribution in [0.25, 0.3) is 23.1 Å². The number of H-pyrrole nitrogens is 1. The van der Waals surface area contributed by atoms with Gasteiger partial charge in [-0.3, -0.25) is 9.69 Å². The van der Waals surface area contributed by atoms with E-state index in [2.05, 4.69) is 63.8 Å². The summed E-state index contributed by atoms with van der Waals surface area (Å²) in [6.45, 7) is 3.32. The molecule has 0 aliphatic rings. The second-order valence-electron chi connectivity index (χ2n) is 8.98. The number of aromatic nitrogens is 1. The smallest absolute Gasteiger partial charge is 0.191 e. The largest absolute Gasteiger partial charge is 0.497 e. The molecule has 4 rings (SSSR count). The first-order valence-electron chi connectivity index (χ1n) is 12.8. The van der Waals surface area contributed by atoms with E-state index in [0.717, 1.165) is 66.6 Å². The molecule has 0 saturated carbocycles. The lowest BCUT2D eigenvalue weighted by Crippen LogP contribution is -2.26. The van der Waals surface area contributed by atoms with E-state index in [0.29, 0.717) is 5.39 Å². The summed E-state index contributed by atoms with van der Waals surface area (Å²) >= 11 is 0. The maximum atomic E-state index is 12.4. The molecule has 0 aliphatic heterocycles. The third-order valence-electron chi connectivity index (χ3n) is 6.28. The van der Waals surface area contributed by atoms with Crippen molar-refractivity contribution in [2.75, 3.05) is 45.7 Å². The summed E-state index contributed by atoms with van der Waals surface area (Å²) in [5.41, 5.74) is 3.15. The molecule has 0 saturated heterocycles. The van der Waals surface area contributed by atoms with E-state index in [4.69, 9.17) is 9.47 Å². The summed E-state index contributed by atoms with van der Waals surface area (Å²) in [5.74, 6) is 2.46. The highest BCUT2D eigenvalue weighted by Gasteiger charge is 2.04. The van der Waals surface area contributed by atoms with E-state index in [1.165, 1.54) is 0 Å². The summed E-state index contributed by atoms with van der Waals surface area (Å²) in [5, 5.41) is 4.08. The molecule has 0 unspecified atom stereocenters. The molecule has 0 aliphatic carbocycles. The highest BCUT2D eigenvalue weighted by atomic mass is 16.5. The standard InChI is InChI=1S/C32H35N3O3/c1-37-27-16-12-25(13-17-27)8-5-21-35(22-6-9-26-14-18-28(38-2)19-15-26)23-7-20-33-32-24-31(36)29-10-3-4-11-30(29)34-32/h3-6,8-19,24H,7,20-23H2,1-2H3,(H2,33,34,36). The van der Waals surface area contributed by atoms with E-state index in [1.54, 1.807) is 20.3 Å². The Kier molecular flexibility index (Phi) is 9.76. The van der Waals surface area contributed by atoms with Crippen molar-refractivity contribution in [2.24, 2.45) is 0 Å². The highest BCUT2D eigenvalue weighted by Crippen LogP contribution is 2.14. The molecule has 0 amide bonds. The first kappa shape index (κ1) is 26.8. The molecule has 4 aromatic rings. The number of hydrogen-bond donors (Lipinski definition) is 2. The number of para-hydroxylation sites is 1. The normalized spacial score (nSPS) is 11.6. The van der Waals surface area contributed by atoms with Gasteiger partial charge < -0.3 is 19.8 Å². The first-order chi connectivity index (χ1) is 18.6. The number of nitrogens with zero attached hydrogens (tertiary/aromatic N) is 1. The predicted molar refractivity (Wildman–Crippen MR) is 158 cm³/mol. The SMILES string of the molecule is COc1ccc(C=CCN(CC=Cc2ccc(OC)cc2)CCCNc2cc(=O)c3ccccc3[nH]2)cc1. The number of pyridine rings is 1. The molecule has 0 bridgehead atoms. The number of aromatic amines is 1. The molecule has 3 aromatic carbocycles. The Bertz CT molecular complexity index is 1350. The van der Waals surface area contributed by atoms with Gasteiger partial charge in [-0.25, -0.2) is 0 Å². The molecule has 0 fully saturated rings. The summed E-state index contributed by atoms with van der Waals surface area (Å²) in [6.07, 6.45) is 9.59. The monoisotopic (exact) mass is 509 g/mol. The Labute approximate surface area is 224 Å². The molecule has 1 heterocycles. The Hall–Kier alpha value is -4.29. The van der Waals surface area contributed by atoms with Crippen LogP contribution in [0.1, 0.15) is 17.5 Å². The Balaban J connectivity index is 1.34. The Morgan fingerprint density at radius 2 is 1.39 bits per heavy atom. The predicted octanol–water partition coefficient (Wildman–Crippen LogP) is 6.08. The van der Waals surface area contributed by atoms with Crippen molar-refractivity contribution in [3.63, 3.8) is 0 Å². The topological polar surface area (TPSA) is 66.6 Å². The summed E-state index contributed by atoms with van der Waals surface area (Å²) in [4.78, 5) is 18.1. The Morgan fingerprint density at radius 1 is 0.816 bits per heavy atom. The quantitative estimate of drug-likeness (QED) is 0.214. The fraction of sp³-hybridized carbons (Fsp3) is 0.219. The zero-order valence-corrected chi connectivity index (χ0v) is 22.0. The number of nitrogens with one attached hydrogen (secondary N) is 2. The van der Waals surface area contributed by atoms with E-state index < -0.39 is 0 Å². The molecule has 0 radical (unpaired) electrons. The molecule has 0 spiro atoms. The minimum absolute atomic E-state index is 0.0239. The van der Waals surface area contributed by atoms with Gasteiger partial charge in [0.2, 0.25) is 0 Å². The van der Waals surface area contributed by atoms with Gasteiger partial charge in [-0.1, -0.05) is 60.7 Å². The summed E-state index contributed by atoms with van der Waals surface area (Å²) in [6, 6.07) is 25.3. The van der Waals surface area contributed by atoms with Crippen molar-refractivity contribution in [3.8, 4) is 11.5 Å². The van der Waals surface area contributed by atoms with Crippen LogP contribution in [0.15, 0.2) is 95.8 Å². The van der Waals surface area contributed by atoms with Crippen molar-refractivity contribution in [1.29, 1.82) is 0 Å². The van der Waals surface area contributed by atoms with Gasteiger partial charge in [-0.15, -0.1) is 0 Å². The van der Waals surface area contributed by atoms with Crippen LogP contribution in [-0.4, -0.2) is 50.3 Å². The van der Waals surface area contributed by atoms with Gasteiger partial charge in [0, 0.05) is 37.6 Å². The fourth-order valence-electron chi connectivity index (χ4n) is 4.18. The van der Waals surface area contributed by atoms with E-state index in [9.17, 15) is 4.79 Å². The lowest BCUT2D eigenvalue weighted by Gasteiger charge is -2.19. The Morgan fingerprint density at radius 3 is 1.97 bits per heavy atom.